The standard InChI is InChI=1S/C14H19BrN2O/c1-3-9-8-11(15)6-7-12(9)17-13(18)14(2,16)10-4-5-10/h6-8,10H,3-5,16H2,1-2H3,(H,17,18). The average Bonchev–Trinajstić information content (AvgIpc) is 3.15. The molecule has 1 amide bonds. The van der Waals surface area contributed by atoms with Crippen molar-refractivity contribution >= 4 is 27.5 Å². The lowest BCUT2D eigenvalue weighted by molar-refractivity contribution is -0.121. The second-order valence-electron chi connectivity index (χ2n) is 5.17. The molecular formula is C14H19BrN2O. The van der Waals surface area contributed by atoms with Gasteiger partial charge in [0.05, 0.1) is 5.54 Å². The van der Waals surface area contributed by atoms with Crippen molar-refractivity contribution < 1.29 is 4.79 Å². The molecule has 98 valence electrons. The molecule has 0 heterocycles. The second-order valence-corrected chi connectivity index (χ2v) is 6.08. The summed E-state index contributed by atoms with van der Waals surface area (Å²) in [7, 11) is 0. The molecule has 0 radical (unpaired) electrons. The lowest BCUT2D eigenvalue weighted by Gasteiger charge is -2.24. The first-order chi connectivity index (χ1) is 8.45. The van der Waals surface area contributed by atoms with Crippen LogP contribution >= 0.6 is 15.9 Å². The monoisotopic (exact) mass is 310 g/mol. The second kappa shape index (κ2) is 5.02. The summed E-state index contributed by atoms with van der Waals surface area (Å²) in [6, 6.07) is 5.88. The van der Waals surface area contributed by atoms with Crippen molar-refractivity contribution in [3.05, 3.63) is 28.2 Å². The van der Waals surface area contributed by atoms with Gasteiger partial charge in [0.15, 0.2) is 0 Å². The van der Waals surface area contributed by atoms with E-state index in [4.69, 9.17) is 5.73 Å². The largest absolute Gasteiger partial charge is 0.324 e. The van der Waals surface area contributed by atoms with Crippen LogP contribution < -0.4 is 11.1 Å². The van der Waals surface area contributed by atoms with Crippen molar-refractivity contribution in [2.24, 2.45) is 11.7 Å². The Morgan fingerprint density at radius 1 is 1.56 bits per heavy atom. The molecule has 0 spiro atoms. The lowest BCUT2D eigenvalue weighted by atomic mass is 9.96. The quantitative estimate of drug-likeness (QED) is 0.898. The van der Waals surface area contributed by atoms with Gasteiger partial charge in [0.1, 0.15) is 0 Å². The summed E-state index contributed by atoms with van der Waals surface area (Å²) in [5, 5.41) is 2.97. The van der Waals surface area contributed by atoms with Crippen LogP contribution in [0.1, 0.15) is 32.3 Å². The number of benzene rings is 1. The predicted octanol–water partition coefficient (Wildman–Crippen LogP) is 3.08. The van der Waals surface area contributed by atoms with Crippen molar-refractivity contribution in [2.75, 3.05) is 5.32 Å². The minimum Gasteiger partial charge on any atom is -0.324 e. The van der Waals surface area contributed by atoms with Crippen molar-refractivity contribution in [3.63, 3.8) is 0 Å². The van der Waals surface area contributed by atoms with E-state index in [9.17, 15) is 4.79 Å². The van der Waals surface area contributed by atoms with Gasteiger partial charge in [-0.25, -0.2) is 0 Å². The molecule has 1 fully saturated rings. The van der Waals surface area contributed by atoms with E-state index in [1.807, 2.05) is 25.1 Å². The third-order valence-electron chi connectivity index (χ3n) is 3.61. The Labute approximate surface area is 116 Å². The Bertz CT molecular complexity index is 467. The lowest BCUT2D eigenvalue weighted by Crippen LogP contribution is -2.50. The molecule has 0 saturated heterocycles. The van der Waals surface area contributed by atoms with E-state index < -0.39 is 5.54 Å². The molecule has 1 saturated carbocycles. The average molecular weight is 311 g/mol. The maximum absolute atomic E-state index is 12.2. The first-order valence-corrected chi connectivity index (χ1v) is 7.13. The third-order valence-corrected chi connectivity index (χ3v) is 4.10. The molecule has 1 aliphatic carbocycles. The summed E-state index contributed by atoms with van der Waals surface area (Å²) >= 11 is 3.44. The minimum atomic E-state index is -0.752. The highest BCUT2D eigenvalue weighted by atomic mass is 79.9. The summed E-state index contributed by atoms with van der Waals surface area (Å²) in [5.74, 6) is 0.250. The number of hydrogen-bond acceptors (Lipinski definition) is 2. The van der Waals surface area contributed by atoms with Crippen LogP contribution in [-0.4, -0.2) is 11.4 Å². The van der Waals surface area contributed by atoms with Crippen LogP contribution in [-0.2, 0) is 11.2 Å². The Kier molecular flexibility index (Phi) is 3.78. The molecule has 4 heteroatoms. The molecule has 1 aromatic rings. The Balaban J connectivity index is 2.16. The molecule has 0 bridgehead atoms. The number of nitrogens with two attached hydrogens (primary N) is 1. The van der Waals surface area contributed by atoms with Crippen molar-refractivity contribution in [2.45, 2.75) is 38.6 Å². The van der Waals surface area contributed by atoms with Crippen LogP contribution in [0.25, 0.3) is 0 Å². The minimum absolute atomic E-state index is 0.0815. The van der Waals surface area contributed by atoms with Crippen LogP contribution in [0.2, 0.25) is 0 Å². The topological polar surface area (TPSA) is 55.1 Å². The molecule has 1 unspecified atom stereocenters. The Morgan fingerprint density at radius 2 is 2.22 bits per heavy atom. The molecular weight excluding hydrogens is 292 g/mol. The van der Waals surface area contributed by atoms with Gasteiger partial charge in [0.2, 0.25) is 5.91 Å². The van der Waals surface area contributed by atoms with Gasteiger partial charge < -0.3 is 11.1 Å². The highest BCUT2D eigenvalue weighted by Crippen LogP contribution is 2.38. The Hall–Kier alpha value is -0.870. The van der Waals surface area contributed by atoms with E-state index in [-0.39, 0.29) is 5.91 Å². The highest BCUT2D eigenvalue weighted by molar-refractivity contribution is 9.10. The smallest absolute Gasteiger partial charge is 0.244 e. The van der Waals surface area contributed by atoms with Gasteiger partial charge >= 0.3 is 0 Å². The van der Waals surface area contributed by atoms with Crippen molar-refractivity contribution in [3.8, 4) is 0 Å². The van der Waals surface area contributed by atoms with Gasteiger partial charge in [-0.15, -0.1) is 0 Å². The first kappa shape index (κ1) is 13.6. The van der Waals surface area contributed by atoms with E-state index >= 15 is 0 Å². The molecule has 1 aliphatic rings. The van der Waals surface area contributed by atoms with Crippen LogP contribution in [0.4, 0.5) is 5.69 Å². The van der Waals surface area contributed by atoms with Gasteiger partial charge in [-0.2, -0.15) is 0 Å². The SMILES string of the molecule is CCc1cc(Br)ccc1NC(=O)C(C)(N)C1CC1. The number of amides is 1. The summed E-state index contributed by atoms with van der Waals surface area (Å²) in [6.07, 6.45) is 2.99. The van der Waals surface area contributed by atoms with E-state index in [1.165, 1.54) is 0 Å². The maximum Gasteiger partial charge on any atom is 0.244 e. The molecule has 3 N–H and O–H groups in total. The fourth-order valence-corrected chi connectivity index (χ4v) is 2.51. The summed E-state index contributed by atoms with van der Waals surface area (Å²) < 4.78 is 1.02. The molecule has 2 rings (SSSR count). The number of rotatable bonds is 4. The molecule has 1 aromatic carbocycles. The number of carbonyl (C=O) groups excluding carboxylic acids is 1. The van der Waals surface area contributed by atoms with Gasteiger partial charge in [-0.05, 0) is 55.9 Å². The van der Waals surface area contributed by atoms with Gasteiger partial charge in [-0.3, -0.25) is 4.79 Å². The molecule has 1 atom stereocenters. The molecule has 18 heavy (non-hydrogen) atoms. The molecule has 0 aliphatic heterocycles. The van der Waals surface area contributed by atoms with E-state index in [2.05, 4.69) is 28.2 Å². The van der Waals surface area contributed by atoms with Crippen molar-refractivity contribution in [1.82, 2.24) is 0 Å². The zero-order valence-electron chi connectivity index (χ0n) is 10.8. The summed E-state index contributed by atoms with van der Waals surface area (Å²) in [6.45, 7) is 3.89. The normalized spacial score (nSPS) is 18.2. The van der Waals surface area contributed by atoms with Gasteiger partial charge in [-0.1, -0.05) is 22.9 Å². The zero-order chi connectivity index (χ0) is 13.3. The summed E-state index contributed by atoms with van der Waals surface area (Å²) in [5.41, 5.74) is 7.34. The number of nitrogens with one attached hydrogen (secondary N) is 1. The number of aryl methyl sites for hydroxylation is 1. The summed E-state index contributed by atoms with van der Waals surface area (Å²) in [4.78, 5) is 12.2. The number of halogens is 1. The molecule has 3 nitrogen and oxygen atoms in total. The van der Waals surface area contributed by atoms with Crippen LogP contribution in [0, 0.1) is 5.92 Å². The van der Waals surface area contributed by atoms with Crippen molar-refractivity contribution in [1.29, 1.82) is 0 Å². The number of hydrogen-bond donors (Lipinski definition) is 2. The maximum atomic E-state index is 12.2. The molecule has 0 aromatic heterocycles. The van der Waals surface area contributed by atoms with Gasteiger partial charge in [0.25, 0.3) is 0 Å². The number of anilines is 1. The van der Waals surface area contributed by atoms with E-state index in [0.717, 1.165) is 35.0 Å². The first-order valence-electron chi connectivity index (χ1n) is 6.34. The highest BCUT2D eigenvalue weighted by Gasteiger charge is 2.44. The fraction of sp³-hybridized carbons (Fsp3) is 0.500. The van der Waals surface area contributed by atoms with Crippen LogP contribution in [0.3, 0.4) is 0 Å². The number of carbonyl (C=O) groups is 1. The third kappa shape index (κ3) is 2.75. The zero-order valence-corrected chi connectivity index (χ0v) is 12.4. The van der Waals surface area contributed by atoms with E-state index in [0.29, 0.717) is 5.92 Å². The predicted molar refractivity (Wildman–Crippen MR) is 77.5 cm³/mol. The van der Waals surface area contributed by atoms with E-state index in [1.54, 1.807) is 0 Å². The fourth-order valence-electron chi connectivity index (χ4n) is 2.10. The Morgan fingerprint density at radius 3 is 2.78 bits per heavy atom. The van der Waals surface area contributed by atoms with Crippen LogP contribution in [0.5, 0.6) is 0 Å². The van der Waals surface area contributed by atoms with Crippen LogP contribution in [0.15, 0.2) is 22.7 Å². The van der Waals surface area contributed by atoms with Gasteiger partial charge in [0, 0.05) is 10.2 Å².